The van der Waals surface area contributed by atoms with Crippen molar-refractivity contribution < 1.29 is 14.3 Å². The van der Waals surface area contributed by atoms with Gasteiger partial charge in [-0.3, -0.25) is 14.5 Å². The summed E-state index contributed by atoms with van der Waals surface area (Å²) >= 11 is 5.57. The number of para-hydroxylation sites is 1. The Kier molecular flexibility index (Phi) is 5.34. The van der Waals surface area contributed by atoms with Gasteiger partial charge in [-0.05, 0) is 38.2 Å². The van der Waals surface area contributed by atoms with Crippen LogP contribution in [0.5, 0.6) is 0 Å². The topological polar surface area (TPSA) is 53.1 Å². The van der Waals surface area contributed by atoms with Crippen molar-refractivity contribution in [3.8, 4) is 0 Å². The molecule has 0 radical (unpaired) electrons. The molecule has 0 aromatic heterocycles. The first-order chi connectivity index (χ1) is 12.0. The SMILES string of the molecule is CC(C)N1C(=S)N(c2ccccc2)C(=O)[C@H]1CC(=O)N1CCOCC1. The lowest BCUT2D eigenvalue weighted by atomic mass is 10.1. The highest BCUT2D eigenvalue weighted by Gasteiger charge is 2.45. The van der Waals surface area contributed by atoms with Crippen LogP contribution in [0, 0.1) is 0 Å². The summed E-state index contributed by atoms with van der Waals surface area (Å²) in [5.74, 6) is -0.156. The predicted octanol–water partition coefficient (Wildman–Crippen LogP) is 1.65. The van der Waals surface area contributed by atoms with E-state index in [4.69, 9.17) is 17.0 Å². The molecule has 0 bridgehead atoms. The third-order valence-corrected chi connectivity index (χ3v) is 4.95. The lowest BCUT2D eigenvalue weighted by molar-refractivity contribution is -0.138. The number of ether oxygens (including phenoxy) is 1. The minimum atomic E-state index is -0.553. The van der Waals surface area contributed by atoms with E-state index in [0.29, 0.717) is 31.4 Å². The smallest absolute Gasteiger partial charge is 0.256 e. The number of carbonyl (C=O) groups excluding carboxylic acids is 2. The maximum absolute atomic E-state index is 13.1. The average molecular weight is 361 g/mol. The molecule has 2 amide bonds. The van der Waals surface area contributed by atoms with Crippen molar-refractivity contribution in [2.45, 2.75) is 32.4 Å². The molecule has 6 nitrogen and oxygen atoms in total. The molecular formula is C18H23N3O3S. The van der Waals surface area contributed by atoms with E-state index in [9.17, 15) is 9.59 Å². The quantitative estimate of drug-likeness (QED) is 0.764. The molecule has 1 aromatic rings. The summed E-state index contributed by atoms with van der Waals surface area (Å²) in [5, 5.41) is 0.464. The monoisotopic (exact) mass is 361 g/mol. The lowest BCUT2D eigenvalue weighted by Gasteiger charge is -2.31. The zero-order valence-electron chi connectivity index (χ0n) is 14.6. The van der Waals surface area contributed by atoms with Gasteiger partial charge in [0.05, 0.1) is 25.3 Å². The highest BCUT2D eigenvalue weighted by Crippen LogP contribution is 2.29. The Morgan fingerprint density at radius 3 is 2.48 bits per heavy atom. The highest BCUT2D eigenvalue weighted by atomic mass is 32.1. The molecule has 0 aliphatic carbocycles. The Labute approximate surface area is 153 Å². The number of amides is 2. The molecule has 0 spiro atoms. The summed E-state index contributed by atoms with van der Waals surface area (Å²) in [4.78, 5) is 30.9. The molecule has 1 atom stereocenters. The largest absolute Gasteiger partial charge is 0.378 e. The molecule has 134 valence electrons. The third kappa shape index (κ3) is 3.52. The maximum atomic E-state index is 13.1. The van der Waals surface area contributed by atoms with Crippen molar-refractivity contribution in [1.82, 2.24) is 9.80 Å². The number of nitrogens with zero attached hydrogens (tertiary/aromatic N) is 3. The van der Waals surface area contributed by atoms with Gasteiger partial charge in [0.2, 0.25) is 5.91 Å². The van der Waals surface area contributed by atoms with Gasteiger partial charge < -0.3 is 14.5 Å². The number of benzene rings is 1. The number of hydrogen-bond donors (Lipinski definition) is 0. The Hall–Kier alpha value is -1.99. The van der Waals surface area contributed by atoms with Gasteiger partial charge in [0.15, 0.2) is 5.11 Å². The molecule has 0 unspecified atom stereocenters. The normalized spacial score (nSPS) is 21.4. The molecule has 2 saturated heterocycles. The van der Waals surface area contributed by atoms with Crippen molar-refractivity contribution in [2.75, 3.05) is 31.2 Å². The van der Waals surface area contributed by atoms with E-state index in [1.165, 1.54) is 0 Å². The molecule has 2 aliphatic rings. The first kappa shape index (κ1) is 17.8. The van der Waals surface area contributed by atoms with E-state index in [1.54, 1.807) is 9.80 Å². The summed E-state index contributed by atoms with van der Waals surface area (Å²) in [6, 6.07) is 8.83. The summed E-state index contributed by atoms with van der Waals surface area (Å²) in [6.07, 6.45) is 0.139. The van der Waals surface area contributed by atoms with Gasteiger partial charge in [-0.25, -0.2) is 0 Å². The first-order valence-electron chi connectivity index (χ1n) is 8.57. The van der Waals surface area contributed by atoms with Crippen molar-refractivity contribution in [1.29, 1.82) is 0 Å². The van der Waals surface area contributed by atoms with Crippen LogP contribution in [0.2, 0.25) is 0 Å². The number of rotatable bonds is 4. The van der Waals surface area contributed by atoms with Crippen LogP contribution in [0.15, 0.2) is 30.3 Å². The molecular weight excluding hydrogens is 338 g/mol. The van der Waals surface area contributed by atoms with E-state index in [1.807, 2.05) is 49.1 Å². The summed E-state index contributed by atoms with van der Waals surface area (Å²) in [7, 11) is 0. The first-order valence-corrected chi connectivity index (χ1v) is 8.98. The highest BCUT2D eigenvalue weighted by molar-refractivity contribution is 7.80. The van der Waals surface area contributed by atoms with Crippen LogP contribution < -0.4 is 4.90 Å². The van der Waals surface area contributed by atoms with Crippen LogP contribution in [-0.4, -0.2) is 65.1 Å². The van der Waals surface area contributed by atoms with Gasteiger partial charge in [-0.2, -0.15) is 0 Å². The molecule has 2 heterocycles. The van der Waals surface area contributed by atoms with Crippen LogP contribution in [0.4, 0.5) is 5.69 Å². The van der Waals surface area contributed by atoms with Crippen LogP contribution in [0.3, 0.4) is 0 Å². The third-order valence-electron chi connectivity index (χ3n) is 4.56. The molecule has 7 heteroatoms. The maximum Gasteiger partial charge on any atom is 0.256 e. The second kappa shape index (κ2) is 7.49. The fourth-order valence-electron chi connectivity index (χ4n) is 3.30. The van der Waals surface area contributed by atoms with Crippen LogP contribution in [0.25, 0.3) is 0 Å². The van der Waals surface area contributed by atoms with Crippen molar-refractivity contribution in [3.63, 3.8) is 0 Å². The van der Waals surface area contributed by atoms with Gasteiger partial charge in [0, 0.05) is 19.1 Å². The van der Waals surface area contributed by atoms with Crippen molar-refractivity contribution in [2.24, 2.45) is 0 Å². The minimum absolute atomic E-state index is 0.0231. The molecule has 2 aliphatic heterocycles. The summed E-state index contributed by atoms with van der Waals surface area (Å²) < 4.78 is 5.29. The fourth-order valence-corrected chi connectivity index (χ4v) is 3.83. The lowest BCUT2D eigenvalue weighted by Crippen LogP contribution is -2.46. The van der Waals surface area contributed by atoms with E-state index in [2.05, 4.69) is 0 Å². The number of carbonyl (C=O) groups is 2. The van der Waals surface area contributed by atoms with E-state index in [-0.39, 0.29) is 24.3 Å². The molecule has 3 rings (SSSR count). The van der Waals surface area contributed by atoms with Crippen molar-refractivity contribution >= 4 is 34.8 Å². The summed E-state index contributed by atoms with van der Waals surface area (Å²) in [6.45, 7) is 6.22. The fraction of sp³-hybridized carbons (Fsp3) is 0.500. The van der Waals surface area contributed by atoms with Crippen LogP contribution in [0.1, 0.15) is 20.3 Å². The molecule has 2 fully saturated rings. The number of anilines is 1. The number of morpholine rings is 1. The Balaban J connectivity index is 1.82. The van der Waals surface area contributed by atoms with Gasteiger partial charge in [-0.1, -0.05) is 18.2 Å². The zero-order chi connectivity index (χ0) is 18.0. The Bertz CT molecular complexity index is 659. The number of thiocarbonyl (C=S) groups is 1. The van der Waals surface area contributed by atoms with E-state index < -0.39 is 6.04 Å². The minimum Gasteiger partial charge on any atom is -0.378 e. The molecule has 25 heavy (non-hydrogen) atoms. The molecule has 0 saturated carbocycles. The molecule has 1 aromatic carbocycles. The van der Waals surface area contributed by atoms with Gasteiger partial charge in [0.25, 0.3) is 5.91 Å². The Morgan fingerprint density at radius 2 is 1.88 bits per heavy atom. The summed E-state index contributed by atoms with van der Waals surface area (Å²) in [5.41, 5.74) is 0.740. The van der Waals surface area contributed by atoms with Gasteiger partial charge in [0.1, 0.15) is 6.04 Å². The average Bonchev–Trinajstić information content (AvgIpc) is 2.86. The van der Waals surface area contributed by atoms with Crippen molar-refractivity contribution in [3.05, 3.63) is 30.3 Å². The van der Waals surface area contributed by atoms with E-state index in [0.717, 1.165) is 5.69 Å². The molecule has 0 N–H and O–H groups in total. The Morgan fingerprint density at radius 1 is 1.24 bits per heavy atom. The second-order valence-corrected chi connectivity index (χ2v) is 6.87. The number of hydrogen-bond acceptors (Lipinski definition) is 4. The van der Waals surface area contributed by atoms with Gasteiger partial charge >= 0.3 is 0 Å². The zero-order valence-corrected chi connectivity index (χ0v) is 15.4. The standard InChI is InChI=1S/C18H23N3O3S/c1-13(2)20-15(12-16(22)19-8-10-24-11-9-19)17(23)21(18(20)25)14-6-4-3-5-7-14/h3-7,13,15H,8-12H2,1-2H3/t15-/m1/s1. The van der Waals surface area contributed by atoms with E-state index >= 15 is 0 Å². The second-order valence-electron chi connectivity index (χ2n) is 6.51. The van der Waals surface area contributed by atoms with Crippen LogP contribution in [-0.2, 0) is 14.3 Å². The predicted molar refractivity (Wildman–Crippen MR) is 99.3 cm³/mol. The van der Waals surface area contributed by atoms with Crippen LogP contribution >= 0.6 is 12.2 Å². The van der Waals surface area contributed by atoms with Gasteiger partial charge in [-0.15, -0.1) is 0 Å².